The minimum absolute atomic E-state index is 0.148. The second-order valence-electron chi connectivity index (χ2n) is 7.67. The van der Waals surface area contributed by atoms with Crippen LogP contribution in [0.3, 0.4) is 0 Å². The molecule has 1 fully saturated rings. The molecule has 6 amide bonds. The maximum Gasteiger partial charge on any atom is 0.335 e. The van der Waals surface area contributed by atoms with Crippen LogP contribution in [0.15, 0.2) is 53.6 Å². The van der Waals surface area contributed by atoms with Gasteiger partial charge in [0.2, 0.25) is 11.8 Å². The number of urea groups is 1. The Labute approximate surface area is 190 Å². The molecule has 0 aliphatic carbocycles. The van der Waals surface area contributed by atoms with Gasteiger partial charge in [-0.2, -0.15) is 5.10 Å². The Kier molecular flexibility index (Phi) is 6.97. The van der Waals surface area contributed by atoms with Crippen molar-refractivity contribution in [3.05, 3.63) is 59.7 Å². The van der Waals surface area contributed by atoms with Crippen LogP contribution in [-0.2, 0) is 14.4 Å². The van der Waals surface area contributed by atoms with E-state index in [0.717, 1.165) is 11.1 Å². The fraction of sp³-hybridized carbons (Fsp3) is 0.217. The second kappa shape index (κ2) is 9.86. The van der Waals surface area contributed by atoms with Crippen molar-refractivity contribution >= 4 is 47.2 Å². The number of anilines is 2. The monoisotopic (exact) mass is 449 g/mol. The molecule has 0 aromatic heterocycles. The summed E-state index contributed by atoms with van der Waals surface area (Å²) in [7, 11) is 0. The summed E-state index contributed by atoms with van der Waals surface area (Å²) in [6.07, 6.45) is 0.977. The van der Waals surface area contributed by atoms with Crippen LogP contribution in [0.25, 0.3) is 0 Å². The highest BCUT2D eigenvalue weighted by molar-refractivity contribution is 6.32. The first-order valence-corrected chi connectivity index (χ1v) is 10.2. The molecule has 1 atom stereocenters. The number of carbonyl (C=O) groups excluding carboxylic acids is 5. The molecule has 170 valence electrons. The summed E-state index contributed by atoms with van der Waals surface area (Å²) >= 11 is 0. The standard InChI is InChI=1S/C23H23N5O5/c1-13(2)19(29)25-16-10-8-15(9-11-16)20(30)27-24-12-17-21(31)26-23(33)28(22(17)32)18-7-5-4-6-14(18)3/h4-13,17H,1-3H3,(H,25,29)(H,27,30)(H,26,31,33). The number of barbiturate groups is 1. The lowest BCUT2D eigenvalue weighted by Gasteiger charge is -2.29. The van der Waals surface area contributed by atoms with E-state index in [1.165, 1.54) is 12.1 Å². The first kappa shape index (κ1) is 23.3. The highest BCUT2D eigenvalue weighted by Crippen LogP contribution is 2.23. The molecule has 0 spiro atoms. The Morgan fingerprint density at radius 1 is 1.06 bits per heavy atom. The average Bonchev–Trinajstić information content (AvgIpc) is 2.77. The van der Waals surface area contributed by atoms with E-state index in [-0.39, 0.29) is 17.4 Å². The lowest BCUT2D eigenvalue weighted by molar-refractivity contribution is -0.131. The zero-order valence-corrected chi connectivity index (χ0v) is 18.3. The number of benzene rings is 2. The number of nitrogens with one attached hydrogen (secondary N) is 3. The number of carbonyl (C=O) groups is 5. The largest absolute Gasteiger partial charge is 0.335 e. The van der Waals surface area contributed by atoms with Crippen molar-refractivity contribution in [3.63, 3.8) is 0 Å². The van der Waals surface area contributed by atoms with Gasteiger partial charge in [-0.05, 0) is 42.8 Å². The van der Waals surface area contributed by atoms with Gasteiger partial charge in [-0.15, -0.1) is 0 Å². The Bertz CT molecular complexity index is 1140. The van der Waals surface area contributed by atoms with Crippen LogP contribution >= 0.6 is 0 Å². The highest BCUT2D eigenvalue weighted by Gasteiger charge is 2.41. The molecule has 10 nitrogen and oxygen atoms in total. The van der Waals surface area contributed by atoms with Gasteiger partial charge >= 0.3 is 6.03 Å². The molecule has 1 aliphatic rings. The quantitative estimate of drug-likeness (QED) is 0.353. The molecule has 10 heteroatoms. The number of imide groups is 2. The summed E-state index contributed by atoms with van der Waals surface area (Å²) < 4.78 is 0. The Morgan fingerprint density at radius 3 is 2.36 bits per heavy atom. The van der Waals surface area contributed by atoms with Gasteiger partial charge in [-0.25, -0.2) is 15.1 Å². The van der Waals surface area contributed by atoms with E-state index in [1.807, 2.05) is 0 Å². The number of amides is 6. The summed E-state index contributed by atoms with van der Waals surface area (Å²) in [4.78, 5) is 62.2. The van der Waals surface area contributed by atoms with Gasteiger partial charge in [0, 0.05) is 23.4 Å². The van der Waals surface area contributed by atoms with Crippen molar-refractivity contribution < 1.29 is 24.0 Å². The van der Waals surface area contributed by atoms with E-state index in [2.05, 4.69) is 21.2 Å². The van der Waals surface area contributed by atoms with E-state index in [0.29, 0.717) is 16.9 Å². The molecule has 2 aromatic carbocycles. The van der Waals surface area contributed by atoms with Crippen molar-refractivity contribution in [2.24, 2.45) is 16.9 Å². The lowest BCUT2D eigenvalue weighted by atomic mass is 10.0. The van der Waals surface area contributed by atoms with E-state index in [4.69, 9.17) is 0 Å². The first-order valence-electron chi connectivity index (χ1n) is 10.2. The molecule has 1 unspecified atom stereocenters. The highest BCUT2D eigenvalue weighted by atomic mass is 16.2. The van der Waals surface area contributed by atoms with Crippen molar-refractivity contribution in [1.29, 1.82) is 0 Å². The molecular formula is C23H23N5O5. The minimum atomic E-state index is -1.39. The van der Waals surface area contributed by atoms with Gasteiger partial charge < -0.3 is 5.32 Å². The third kappa shape index (κ3) is 5.29. The van der Waals surface area contributed by atoms with Crippen LogP contribution < -0.4 is 21.0 Å². The lowest BCUT2D eigenvalue weighted by Crippen LogP contribution is -2.59. The first-order chi connectivity index (χ1) is 15.7. The third-order valence-electron chi connectivity index (χ3n) is 4.89. The number of hydrogen-bond donors (Lipinski definition) is 3. The molecule has 3 N–H and O–H groups in total. The molecule has 0 bridgehead atoms. The van der Waals surface area contributed by atoms with Gasteiger partial charge in [-0.3, -0.25) is 24.5 Å². The predicted molar refractivity (Wildman–Crippen MR) is 122 cm³/mol. The van der Waals surface area contributed by atoms with Gasteiger partial charge in [0.15, 0.2) is 5.92 Å². The predicted octanol–water partition coefficient (Wildman–Crippen LogP) is 2.20. The summed E-state index contributed by atoms with van der Waals surface area (Å²) in [5.41, 5.74) is 4.07. The number of hydrogen-bond acceptors (Lipinski definition) is 6. The van der Waals surface area contributed by atoms with Crippen LogP contribution in [0, 0.1) is 18.8 Å². The maximum atomic E-state index is 12.8. The van der Waals surface area contributed by atoms with Crippen LogP contribution in [0.5, 0.6) is 0 Å². The molecule has 3 rings (SSSR count). The maximum absolute atomic E-state index is 12.8. The smallest absolute Gasteiger partial charge is 0.326 e. The molecule has 0 saturated carbocycles. The van der Waals surface area contributed by atoms with Crippen molar-refractivity contribution in [1.82, 2.24) is 10.7 Å². The van der Waals surface area contributed by atoms with Crippen LogP contribution in [0.2, 0.25) is 0 Å². The molecular weight excluding hydrogens is 426 g/mol. The van der Waals surface area contributed by atoms with E-state index in [9.17, 15) is 24.0 Å². The number of para-hydroxylation sites is 1. The van der Waals surface area contributed by atoms with E-state index >= 15 is 0 Å². The topological polar surface area (TPSA) is 137 Å². The number of hydrazone groups is 1. The van der Waals surface area contributed by atoms with Gasteiger partial charge in [0.25, 0.3) is 11.8 Å². The minimum Gasteiger partial charge on any atom is -0.326 e. The molecule has 1 heterocycles. The fourth-order valence-electron chi connectivity index (χ4n) is 2.99. The fourth-order valence-corrected chi connectivity index (χ4v) is 2.99. The third-order valence-corrected chi connectivity index (χ3v) is 4.89. The van der Waals surface area contributed by atoms with Crippen molar-refractivity contribution in [2.45, 2.75) is 20.8 Å². The molecule has 0 radical (unpaired) electrons. The Balaban J connectivity index is 1.67. The number of rotatable bonds is 6. The second-order valence-corrected chi connectivity index (χ2v) is 7.67. The van der Waals surface area contributed by atoms with Crippen molar-refractivity contribution in [2.75, 3.05) is 10.2 Å². The molecule has 33 heavy (non-hydrogen) atoms. The van der Waals surface area contributed by atoms with Crippen LogP contribution in [0.1, 0.15) is 29.8 Å². The van der Waals surface area contributed by atoms with Gasteiger partial charge in [-0.1, -0.05) is 32.0 Å². The van der Waals surface area contributed by atoms with Crippen LogP contribution in [-0.4, -0.2) is 35.9 Å². The zero-order valence-electron chi connectivity index (χ0n) is 18.3. The SMILES string of the molecule is Cc1ccccc1N1C(=O)NC(=O)C(C=NNC(=O)c2ccc(NC(=O)C(C)C)cc2)C1=O. The van der Waals surface area contributed by atoms with Crippen LogP contribution in [0.4, 0.5) is 16.2 Å². The number of aryl methyl sites for hydroxylation is 1. The van der Waals surface area contributed by atoms with Gasteiger partial charge in [0.1, 0.15) is 0 Å². The molecule has 1 aliphatic heterocycles. The average molecular weight is 449 g/mol. The van der Waals surface area contributed by atoms with E-state index in [1.54, 1.807) is 57.2 Å². The summed E-state index contributed by atoms with van der Waals surface area (Å²) in [6.45, 7) is 5.26. The summed E-state index contributed by atoms with van der Waals surface area (Å²) in [6, 6.07) is 12.0. The van der Waals surface area contributed by atoms with E-state index < -0.39 is 29.7 Å². The number of nitrogens with zero attached hydrogens (tertiary/aromatic N) is 2. The van der Waals surface area contributed by atoms with Gasteiger partial charge in [0.05, 0.1) is 5.69 Å². The Morgan fingerprint density at radius 2 is 1.73 bits per heavy atom. The summed E-state index contributed by atoms with van der Waals surface area (Å²) in [5, 5.41) is 8.57. The molecule has 2 aromatic rings. The normalized spacial score (nSPS) is 16.2. The molecule has 1 saturated heterocycles. The summed E-state index contributed by atoms with van der Waals surface area (Å²) in [5.74, 6) is -3.91. The Hall–Kier alpha value is -4.34. The van der Waals surface area contributed by atoms with Crippen molar-refractivity contribution in [3.8, 4) is 0 Å². The zero-order chi connectivity index (χ0) is 24.1.